The van der Waals surface area contributed by atoms with Crippen molar-refractivity contribution in [1.29, 1.82) is 0 Å². The van der Waals surface area contributed by atoms with Crippen LogP contribution in [0.4, 0.5) is 32.0 Å². The van der Waals surface area contributed by atoms with Crippen molar-refractivity contribution in [3.8, 4) is 22.6 Å². The lowest BCUT2D eigenvalue weighted by Crippen LogP contribution is -2.72. The summed E-state index contributed by atoms with van der Waals surface area (Å²) in [6.45, 7) is -0.535. The van der Waals surface area contributed by atoms with E-state index in [0.29, 0.717) is 38.8 Å². The quantitative estimate of drug-likeness (QED) is 0.259. The molecule has 2 saturated heterocycles. The molecule has 2 fully saturated rings. The van der Waals surface area contributed by atoms with Gasteiger partial charge in [-0.2, -0.15) is 22.0 Å². The van der Waals surface area contributed by atoms with Crippen molar-refractivity contribution in [3.63, 3.8) is 0 Å². The van der Waals surface area contributed by atoms with Gasteiger partial charge in [-0.05, 0) is 53.6 Å². The van der Waals surface area contributed by atoms with E-state index in [2.05, 4.69) is 9.64 Å². The van der Waals surface area contributed by atoms with Crippen LogP contribution in [0.3, 0.4) is 0 Å². The highest BCUT2D eigenvalue weighted by atomic mass is 32.2. The zero-order valence-corrected chi connectivity index (χ0v) is 23.6. The number of benzene rings is 3. The predicted octanol–water partition coefficient (Wildman–Crippen LogP) is 4.84. The van der Waals surface area contributed by atoms with Gasteiger partial charge in [0.25, 0.3) is 10.0 Å². The number of amides is 1. The van der Waals surface area contributed by atoms with E-state index < -0.39 is 50.9 Å². The standard InChI is InChI=1S/C29H25F6N3O5S/c30-21-6-19(7-22(10-21)43-27(31)32)18-4-5-26-25(8-18)38(44(40,41)24-3-1-2-20(9-24)29(33,34)35)12-23(42-26)11-36-13-28(14-36)15-37(16-28)17-39/h1-10,17,23,27H,11-16H2. The van der Waals surface area contributed by atoms with Crippen molar-refractivity contribution in [2.45, 2.75) is 23.8 Å². The second-order valence-corrected chi connectivity index (χ2v) is 13.1. The molecule has 1 atom stereocenters. The van der Waals surface area contributed by atoms with Crippen LogP contribution in [0.15, 0.2) is 65.6 Å². The summed E-state index contributed by atoms with van der Waals surface area (Å²) in [5, 5.41) is 0. The number of carbonyl (C=O) groups excluding carboxylic acids is 1. The van der Waals surface area contributed by atoms with Gasteiger partial charge in [0.2, 0.25) is 6.41 Å². The first-order chi connectivity index (χ1) is 20.7. The van der Waals surface area contributed by atoms with Crippen molar-refractivity contribution in [2.24, 2.45) is 5.41 Å². The van der Waals surface area contributed by atoms with Gasteiger partial charge >= 0.3 is 12.8 Å². The number of carbonyl (C=O) groups is 1. The van der Waals surface area contributed by atoms with Crippen LogP contribution in [-0.2, 0) is 21.0 Å². The fourth-order valence-electron chi connectivity index (χ4n) is 6.08. The molecule has 0 N–H and O–H groups in total. The maximum Gasteiger partial charge on any atom is 0.416 e. The van der Waals surface area contributed by atoms with E-state index in [-0.39, 0.29) is 34.5 Å². The number of sulfonamides is 1. The third-order valence-corrected chi connectivity index (χ3v) is 9.65. The Labute approximate surface area is 248 Å². The largest absolute Gasteiger partial charge is 0.485 e. The average Bonchev–Trinajstić information content (AvgIpc) is 2.91. The molecular formula is C29H25F6N3O5S. The molecule has 44 heavy (non-hydrogen) atoms. The topological polar surface area (TPSA) is 79.4 Å². The van der Waals surface area contributed by atoms with Crippen LogP contribution in [0.5, 0.6) is 11.5 Å². The zero-order chi connectivity index (χ0) is 31.4. The summed E-state index contributed by atoms with van der Waals surface area (Å²) in [6.07, 6.45) is -4.70. The summed E-state index contributed by atoms with van der Waals surface area (Å²) in [5.74, 6) is -1.21. The predicted molar refractivity (Wildman–Crippen MR) is 145 cm³/mol. The molecule has 0 saturated carbocycles. The second kappa shape index (κ2) is 10.9. The lowest BCUT2D eigenvalue weighted by molar-refractivity contribution is -0.148. The van der Waals surface area contributed by atoms with Gasteiger partial charge in [0.05, 0.1) is 22.7 Å². The number of rotatable bonds is 8. The minimum absolute atomic E-state index is 0.00989. The normalized spacial score (nSPS) is 19.7. The molecule has 0 aliphatic carbocycles. The van der Waals surface area contributed by atoms with Crippen LogP contribution in [0.25, 0.3) is 11.1 Å². The van der Waals surface area contributed by atoms with Crippen molar-refractivity contribution < 1.29 is 49.0 Å². The number of fused-ring (bicyclic) bond motifs is 1. The van der Waals surface area contributed by atoms with E-state index in [0.717, 1.165) is 47.1 Å². The molecule has 0 aromatic heterocycles. The Balaban J connectivity index is 1.34. The molecule has 1 amide bonds. The number of hydrogen-bond donors (Lipinski definition) is 0. The number of halogens is 6. The SMILES string of the molecule is O=CN1CC2(C1)CN(CC1CN(S(=O)(=O)c3cccc(C(F)(F)F)c3)c3cc(-c4cc(F)cc(OC(F)F)c4)ccc3O1)C2. The van der Waals surface area contributed by atoms with Gasteiger partial charge < -0.3 is 14.4 Å². The number of alkyl halides is 5. The Morgan fingerprint density at radius 2 is 1.75 bits per heavy atom. The van der Waals surface area contributed by atoms with Crippen molar-refractivity contribution in [2.75, 3.05) is 43.6 Å². The average molecular weight is 642 g/mol. The minimum atomic E-state index is -4.78. The highest BCUT2D eigenvalue weighted by Gasteiger charge is 2.52. The molecule has 234 valence electrons. The lowest BCUT2D eigenvalue weighted by Gasteiger charge is -2.60. The molecule has 6 rings (SSSR count). The molecule has 0 radical (unpaired) electrons. The Bertz CT molecular complexity index is 1690. The van der Waals surface area contributed by atoms with Crippen LogP contribution in [0.1, 0.15) is 5.56 Å². The van der Waals surface area contributed by atoms with Crippen molar-refractivity contribution in [1.82, 2.24) is 9.80 Å². The summed E-state index contributed by atoms with van der Waals surface area (Å²) < 4.78 is 120. The first kappa shape index (κ1) is 30.1. The number of hydrogen-bond acceptors (Lipinski definition) is 6. The molecule has 1 unspecified atom stereocenters. The van der Waals surface area contributed by atoms with Crippen molar-refractivity contribution >= 4 is 22.1 Å². The Morgan fingerprint density at radius 1 is 1.00 bits per heavy atom. The van der Waals surface area contributed by atoms with E-state index in [9.17, 15) is 39.6 Å². The van der Waals surface area contributed by atoms with Crippen LogP contribution >= 0.6 is 0 Å². The second-order valence-electron chi connectivity index (χ2n) is 11.2. The third kappa shape index (κ3) is 5.77. The van der Waals surface area contributed by atoms with Gasteiger partial charge in [0.15, 0.2) is 0 Å². The third-order valence-electron chi connectivity index (χ3n) is 7.88. The fraction of sp³-hybridized carbons (Fsp3) is 0.345. The van der Waals surface area contributed by atoms with Gasteiger partial charge in [-0.1, -0.05) is 12.1 Å². The van der Waals surface area contributed by atoms with E-state index in [1.807, 2.05) is 0 Å². The first-order valence-corrected chi connectivity index (χ1v) is 14.9. The van der Waals surface area contributed by atoms with Crippen LogP contribution in [0, 0.1) is 11.2 Å². The zero-order valence-electron chi connectivity index (χ0n) is 22.8. The summed E-state index contributed by atoms with van der Waals surface area (Å²) in [5.41, 5.74) is -0.845. The Hall–Kier alpha value is -3.98. The van der Waals surface area contributed by atoms with Crippen LogP contribution in [0.2, 0.25) is 0 Å². The monoisotopic (exact) mass is 641 g/mol. The van der Waals surface area contributed by atoms with Crippen molar-refractivity contribution in [3.05, 3.63) is 72.0 Å². The molecule has 15 heteroatoms. The molecule has 1 spiro atoms. The number of nitrogens with zero attached hydrogens (tertiary/aromatic N) is 3. The minimum Gasteiger partial charge on any atom is -0.485 e. The summed E-state index contributed by atoms with van der Waals surface area (Å²) in [7, 11) is -4.58. The number of ether oxygens (including phenoxy) is 2. The van der Waals surface area contributed by atoms with E-state index >= 15 is 0 Å². The molecule has 8 nitrogen and oxygen atoms in total. The molecule has 3 heterocycles. The first-order valence-electron chi connectivity index (χ1n) is 13.4. The molecule has 3 aromatic carbocycles. The highest BCUT2D eigenvalue weighted by molar-refractivity contribution is 7.92. The number of anilines is 1. The smallest absolute Gasteiger partial charge is 0.416 e. The number of likely N-dealkylation sites (tertiary alicyclic amines) is 2. The van der Waals surface area contributed by atoms with Gasteiger partial charge in [0, 0.05) is 44.2 Å². The highest BCUT2D eigenvalue weighted by Crippen LogP contribution is 2.43. The molecular weight excluding hydrogens is 616 g/mol. The fourth-order valence-corrected chi connectivity index (χ4v) is 7.63. The molecule has 0 bridgehead atoms. The van der Waals surface area contributed by atoms with E-state index in [1.165, 1.54) is 18.2 Å². The summed E-state index contributed by atoms with van der Waals surface area (Å²) >= 11 is 0. The van der Waals surface area contributed by atoms with Gasteiger partial charge in [-0.15, -0.1) is 0 Å². The van der Waals surface area contributed by atoms with Gasteiger partial charge in [-0.3, -0.25) is 14.0 Å². The van der Waals surface area contributed by atoms with Gasteiger partial charge in [0.1, 0.15) is 23.4 Å². The molecule has 3 aromatic rings. The maximum absolute atomic E-state index is 14.3. The van der Waals surface area contributed by atoms with E-state index in [4.69, 9.17) is 4.74 Å². The van der Waals surface area contributed by atoms with E-state index in [1.54, 1.807) is 4.90 Å². The summed E-state index contributed by atoms with van der Waals surface area (Å²) in [6, 6.07) is 10.6. The summed E-state index contributed by atoms with van der Waals surface area (Å²) in [4.78, 5) is 14.1. The maximum atomic E-state index is 14.3. The molecule has 3 aliphatic heterocycles. The van der Waals surface area contributed by atoms with Crippen LogP contribution < -0.4 is 13.8 Å². The Kier molecular flexibility index (Phi) is 7.43. The van der Waals surface area contributed by atoms with Gasteiger partial charge in [-0.25, -0.2) is 12.8 Å². The molecule has 3 aliphatic rings. The Morgan fingerprint density at radius 3 is 2.43 bits per heavy atom. The lowest BCUT2D eigenvalue weighted by atomic mass is 9.73. The van der Waals surface area contributed by atoms with Crippen LogP contribution in [-0.4, -0.2) is 76.6 Å².